The van der Waals surface area contributed by atoms with E-state index in [2.05, 4.69) is 107 Å². The van der Waals surface area contributed by atoms with Gasteiger partial charge in [0.2, 0.25) is 5.52 Å². The van der Waals surface area contributed by atoms with E-state index in [1.54, 1.807) is 0 Å². The molecular formula is C32H38N3+. The Morgan fingerprint density at radius 1 is 0.971 bits per heavy atom. The molecule has 0 saturated heterocycles. The summed E-state index contributed by atoms with van der Waals surface area (Å²) in [4.78, 5) is 5.40. The van der Waals surface area contributed by atoms with E-state index >= 15 is 0 Å². The van der Waals surface area contributed by atoms with Crippen molar-refractivity contribution in [3.05, 3.63) is 65.0 Å². The van der Waals surface area contributed by atoms with E-state index < -0.39 is 0 Å². The molecule has 35 heavy (non-hydrogen) atoms. The molecule has 5 aromatic rings. The predicted molar refractivity (Wildman–Crippen MR) is 148 cm³/mol. The Hall–Kier alpha value is -2.94. The third kappa shape index (κ3) is 2.78. The fourth-order valence-corrected chi connectivity index (χ4v) is 7.10. The molecule has 3 heteroatoms. The molecule has 0 radical (unpaired) electrons. The van der Waals surface area contributed by atoms with Crippen molar-refractivity contribution in [3.8, 4) is 0 Å². The molecule has 0 spiro atoms. The molecule has 4 heterocycles. The molecule has 180 valence electrons. The summed E-state index contributed by atoms with van der Waals surface area (Å²) in [6, 6.07) is 14.4. The molecule has 2 aromatic carbocycles. The zero-order valence-electron chi connectivity index (χ0n) is 22.6. The number of nitrogens with zero attached hydrogens (tertiary/aromatic N) is 3. The van der Waals surface area contributed by atoms with Crippen LogP contribution in [0, 0.1) is 13.8 Å². The molecule has 0 fully saturated rings. The lowest BCUT2D eigenvalue weighted by Crippen LogP contribution is -2.53. The normalized spacial score (nSPS) is 17.4. The molecule has 0 N–H and O–H groups in total. The Morgan fingerprint density at radius 3 is 2.29 bits per heavy atom. The summed E-state index contributed by atoms with van der Waals surface area (Å²) in [7, 11) is 0. The van der Waals surface area contributed by atoms with Crippen LogP contribution < -0.4 is 4.57 Å². The molecule has 0 bridgehead atoms. The van der Waals surface area contributed by atoms with E-state index in [1.165, 1.54) is 55.2 Å². The molecule has 0 saturated carbocycles. The van der Waals surface area contributed by atoms with Gasteiger partial charge in [-0.25, -0.2) is 9.55 Å². The standard InChI is InChI=1S/C32H38N3/c1-9-25-32(10-2,11-3)23-13-12-14-24-27(23)28-29(30(33-24)31(6,7)8)34-18-22-16-20(5)19(4)15-21(22)17-26(34)35(25)28/h12-18,25H,9-11H2,1-8H3/q+1. The SMILES string of the molecule is CCC1[n+]2c3c4c(cccc4nc(C(C)(C)C)c3n3cc4cc(C)c(C)cc4cc32)C1(CC)CC. The number of imidazole rings is 1. The first kappa shape index (κ1) is 22.5. The monoisotopic (exact) mass is 464 g/mol. The minimum absolute atomic E-state index is 0.0692. The minimum atomic E-state index is -0.0692. The van der Waals surface area contributed by atoms with E-state index in [0.29, 0.717) is 6.04 Å². The lowest BCUT2D eigenvalue weighted by Gasteiger charge is -2.41. The van der Waals surface area contributed by atoms with E-state index in [1.807, 2.05) is 0 Å². The quantitative estimate of drug-likeness (QED) is 0.248. The fourth-order valence-electron chi connectivity index (χ4n) is 7.10. The van der Waals surface area contributed by atoms with E-state index in [-0.39, 0.29) is 10.8 Å². The third-order valence-electron chi connectivity index (χ3n) is 9.03. The van der Waals surface area contributed by atoms with Crippen LogP contribution in [0.25, 0.3) is 38.4 Å². The van der Waals surface area contributed by atoms with Gasteiger partial charge < -0.3 is 0 Å². The molecule has 1 unspecified atom stereocenters. The fraction of sp³-hybridized carbons (Fsp3) is 0.438. The van der Waals surface area contributed by atoms with Crippen LogP contribution >= 0.6 is 0 Å². The van der Waals surface area contributed by atoms with Crippen LogP contribution in [0.15, 0.2) is 42.6 Å². The van der Waals surface area contributed by atoms with Crippen molar-refractivity contribution in [2.75, 3.05) is 0 Å². The van der Waals surface area contributed by atoms with Crippen LogP contribution in [-0.4, -0.2) is 9.38 Å². The summed E-state index contributed by atoms with van der Waals surface area (Å²) in [5.74, 6) is 0. The molecule has 0 amide bonds. The van der Waals surface area contributed by atoms with Crippen molar-refractivity contribution >= 4 is 38.4 Å². The Kier molecular flexibility index (Phi) is 4.69. The van der Waals surface area contributed by atoms with E-state index in [0.717, 1.165) is 24.8 Å². The first-order chi connectivity index (χ1) is 16.7. The number of fused-ring (bicyclic) bond motifs is 4. The summed E-state index contributed by atoms with van der Waals surface area (Å²) >= 11 is 0. The molecule has 1 aliphatic heterocycles. The van der Waals surface area contributed by atoms with Crippen molar-refractivity contribution in [1.29, 1.82) is 0 Å². The molecule has 3 aromatic heterocycles. The number of hydrogen-bond acceptors (Lipinski definition) is 1. The van der Waals surface area contributed by atoms with Crippen molar-refractivity contribution in [1.82, 2.24) is 9.38 Å². The molecule has 1 atom stereocenters. The Balaban J connectivity index is 1.95. The second-order valence-corrected chi connectivity index (χ2v) is 11.8. The number of pyridine rings is 2. The van der Waals surface area contributed by atoms with Gasteiger partial charge in [-0.05, 0) is 67.3 Å². The van der Waals surface area contributed by atoms with Crippen molar-refractivity contribution in [2.45, 2.75) is 91.5 Å². The maximum atomic E-state index is 5.40. The second kappa shape index (κ2) is 7.29. The summed E-state index contributed by atoms with van der Waals surface area (Å²) < 4.78 is 5.18. The zero-order valence-corrected chi connectivity index (χ0v) is 22.6. The Labute approximate surface area is 208 Å². The number of aryl methyl sites for hydroxylation is 2. The highest BCUT2D eigenvalue weighted by Crippen LogP contribution is 2.50. The molecule has 3 nitrogen and oxygen atoms in total. The van der Waals surface area contributed by atoms with Gasteiger partial charge in [0.15, 0.2) is 5.52 Å². The third-order valence-corrected chi connectivity index (χ3v) is 9.03. The van der Waals surface area contributed by atoms with Gasteiger partial charge in [0.1, 0.15) is 12.2 Å². The molecule has 1 aliphatic rings. The van der Waals surface area contributed by atoms with Crippen molar-refractivity contribution in [2.24, 2.45) is 0 Å². The highest BCUT2D eigenvalue weighted by Gasteiger charge is 2.49. The van der Waals surface area contributed by atoms with Gasteiger partial charge >= 0.3 is 0 Å². The second-order valence-electron chi connectivity index (χ2n) is 11.8. The highest BCUT2D eigenvalue weighted by atomic mass is 15.2. The van der Waals surface area contributed by atoms with E-state index in [4.69, 9.17) is 4.98 Å². The number of rotatable bonds is 3. The first-order valence-electron chi connectivity index (χ1n) is 13.4. The van der Waals surface area contributed by atoms with Crippen LogP contribution in [-0.2, 0) is 10.8 Å². The maximum Gasteiger partial charge on any atom is 0.288 e. The average molecular weight is 465 g/mol. The Morgan fingerprint density at radius 2 is 1.66 bits per heavy atom. The van der Waals surface area contributed by atoms with Crippen molar-refractivity contribution in [3.63, 3.8) is 0 Å². The van der Waals surface area contributed by atoms with Gasteiger partial charge in [0, 0.05) is 22.3 Å². The lowest BCUT2D eigenvalue weighted by atomic mass is 9.66. The van der Waals surface area contributed by atoms with E-state index in [9.17, 15) is 0 Å². The maximum absolute atomic E-state index is 5.40. The number of aromatic nitrogens is 3. The van der Waals surface area contributed by atoms with Gasteiger partial charge in [0.25, 0.3) is 5.65 Å². The number of benzene rings is 2. The van der Waals surface area contributed by atoms with Gasteiger partial charge in [-0.2, -0.15) is 4.40 Å². The van der Waals surface area contributed by atoms with Crippen LogP contribution in [0.4, 0.5) is 0 Å². The largest absolute Gasteiger partial charge is 0.288 e. The molecular weight excluding hydrogens is 426 g/mol. The lowest BCUT2D eigenvalue weighted by molar-refractivity contribution is -0.686. The topological polar surface area (TPSA) is 21.2 Å². The number of hydrogen-bond donors (Lipinski definition) is 0. The van der Waals surface area contributed by atoms with Gasteiger partial charge in [-0.15, -0.1) is 0 Å². The van der Waals surface area contributed by atoms with Gasteiger partial charge in [-0.3, -0.25) is 0 Å². The summed E-state index contributed by atoms with van der Waals surface area (Å²) in [5.41, 5.74) is 10.5. The van der Waals surface area contributed by atoms with Crippen LogP contribution in [0.1, 0.15) is 89.2 Å². The van der Waals surface area contributed by atoms with Crippen molar-refractivity contribution < 1.29 is 4.57 Å². The van der Waals surface area contributed by atoms with Gasteiger partial charge in [-0.1, -0.05) is 59.7 Å². The Bertz CT molecular complexity index is 1660. The summed E-state index contributed by atoms with van der Waals surface area (Å²) in [5, 5.41) is 3.98. The minimum Gasteiger partial charge on any atom is -0.247 e. The zero-order chi connectivity index (χ0) is 24.9. The summed E-state index contributed by atoms with van der Waals surface area (Å²) in [6.45, 7) is 18.5. The highest BCUT2D eigenvalue weighted by molar-refractivity contribution is 6.06. The van der Waals surface area contributed by atoms with Crippen LogP contribution in [0.5, 0.6) is 0 Å². The predicted octanol–water partition coefficient (Wildman–Crippen LogP) is 8.02. The summed E-state index contributed by atoms with van der Waals surface area (Å²) in [6.07, 6.45) is 5.73. The smallest absolute Gasteiger partial charge is 0.247 e. The molecule has 0 aliphatic carbocycles. The molecule has 6 rings (SSSR count). The van der Waals surface area contributed by atoms with Crippen LogP contribution in [0.2, 0.25) is 0 Å². The van der Waals surface area contributed by atoms with Gasteiger partial charge in [0.05, 0.1) is 16.6 Å². The first-order valence-corrected chi connectivity index (χ1v) is 13.4. The van der Waals surface area contributed by atoms with Crippen LogP contribution in [0.3, 0.4) is 0 Å². The average Bonchev–Trinajstić information content (AvgIpc) is 3.15.